The maximum atomic E-state index is 12.7. The lowest BCUT2D eigenvalue weighted by atomic mass is 10.0. The summed E-state index contributed by atoms with van der Waals surface area (Å²) in [6.45, 7) is 8.18. The number of carbonyl (C=O) groups is 3. The molecule has 0 aliphatic carbocycles. The molecule has 0 saturated heterocycles. The summed E-state index contributed by atoms with van der Waals surface area (Å²) in [6.07, 6.45) is 2.07. The maximum absolute atomic E-state index is 12.7. The lowest BCUT2D eigenvalue weighted by molar-refractivity contribution is -0.136. The first-order valence-corrected chi connectivity index (χ1v) is 12.5. The molecule has 2 rings (SSSR count). The van der Waals surface area contributed by atoms with E-state index in [2.05, 4.69) is 10.6 Å². The van der Waals surface area contributed by atoms with E-state index in [-0.39, 0.29) is 29.7 Å². The van der Waals surface area contributed by atoms with Gasteiger partial charge in [0.05, 0.1) is 28.5 Å². The molecular weight excluding hydrogens is 456 g/mol. The third kappa shape index (κ3) is 7.55. The van der Waals surface area contributed by atoms with Crippen LogP contribution in [0.3, 0.4) is 0 Å². The number of unbranched alkanes of at least 4 members (excludes halogenated alkanes) is 1. The van der Waals surface area contributed by atoms with Crippen molar-refractivity contribution in [1.82, 2.24) is 5.32 Å². The van der Waals surface area contributed by atoms with E-state index in [0.717, 1.165) is 12.8 Å². The summed E-state index contributed by atoms with van der Waals surface area (Å²) in [4.78, 5) is 36.2. The average Bonchev–Trinajstić information content (AvgIpc) is 2.77. The van der Waals surface area contributed by atoms with Crippen LogP contribution in [0.2, 0.25) is 0 Å². The van der Waals surface area contributed by atoms with Crippen molar-refractivity contribution >= 4 is 46.0 Å². The van der Waals surface area contributed by atoms with Gasteiger partial charge in [-0.3, -0.25) is 14.4 Å². The number of hydrogen-bond acceptors (Lipinski definition) is 6. The number of fused-ring (bicyclic) bond motifs is 1. The Balaban J connectivity index is 2.43. The average molecular weight is 491 g/mol. The predicted octanol–water partition coefficient (Wildman–Crippen LogP) is 4.65. The molecule has 0 radical (unpaired) electrons. The SMILES string of the molecule is CCCCNC(=O)c1cc(OCCSC(C)C(=O)O)c2c(NC(=O)CC(C)C)cccc2c1O. The molecule has 0 aliphatic heterocycles. The zero-order valence-electron chi connectivity index (χ0n) is 20.1. The number of carbonyl (C=O) groups excluding carboxylic acids is 2. The number of nitrogens with one attached hydrogen (secondary N) is 2. The fraction of sp³-hybridized carbons (Fsp3) is 0.480. The van der Waals surface area contributed by atoms with Crippen LogP contribution in [0.15, 0.2) is 24.3 Å². The summed E-state index contributed by atoms with van der Waals surface area (Å²) in [6, 6.07) is 6.55. The summed E-state index contributed by atoms with van der Waals surface area (Å²) in [5, 5.41) is 26.0. The molecule has 0 spiro atoms. The number of carboxylic acids is 1. The molecule has 0 heterocycles. The normalized spacial score (nSPS) is 11.9. The molecule has 0 saturated carbocycles. The topological polar surface area (TPSA) is 125 Å². The first kappa shape index (κ1) is 27.3. The number of hydrogen-bond donors (Lipinski definition) is 4. The van der Waals surface area contributed by atoms with Crippen LogP contribution in [0.4, 0.5) is 5.69 Å². The smallest absolute Gasteiger partial charge is 0.316 e. The lowest BCUT2D eigenvalue weighted by Crippen LogP contribution is -2.24. The largest absolute Gasteiger partial charge is 0.506 e. The molecular formula is C25H34N2O6S. The second-order valence-electron chi connectivity index (χ2n) is 8.45. The quantitative estimate of drug-likeness (QED) is 0.301. The zero-order valence-corrected chi connectivity index (χ0v) is 21.0. The first-order chi connectivity index (χ1) is 16.1. The molecule has 8 nitrogen and oxygen atoms in total. The minimum absolute atomic E-state index is 0.0795. The number of thioether (sulfide) groups is 1. The van der Waals surface area contributed by atoms with Crippen molar-refractivity contribution in [2.45, 2.75) is 52.2 Å². The minimum atomic E-state index is -0.902. The van der Waals surface area contributed by atoms with E-state index in [0.29, 0.717) is 40.9 Å². The number of amides is 2. The molecule has 0 aromatic heterocycles. The summed E-state index contributed by atoms with van der Waals surface area (Å²) in [5.41, 5.74) is 0.550. The van der Waals surface area contributed by atoms with Crippen LogP contribution in [0.1, 0.15) is 57.3 Å². The van der Waals surface area contributed by atoms with Crippen LogP contribution in [-0.4, -0.2) is 52.2 Å². The molecule has 186 valence electrons. The summed E-state index contributed by atoms with van der Waals surface area (Å²) < 4.78 is 5.97. The summed E-state index contributed by atoms with van der Waals surface area (Å²) >= 11 is 1.24. The highest BCUT2D eigenvalue weighted by Crippen LogP contribution is 2.40. The van der Waals surface area contributed by atoms with Crippen molar-refractivity contribution < 1.29 is 29.3 Å². The zero-order chi connectivity index (χ0) is 25.3. The van der Waals surface area contributed by atoms with Crippen LogP contribution < -0.4 is 15.4 Å². The molecule has 2 aromatic rings. The number of anilines is 1. The molecule has 9 heteroatoms. The van der Waals surface area contributed by atoms with E-state index in [1.807, 2.05) is 20.8 Å². The third-order valence-corrected chi connectivity index (χ3v) is 6.19. The number of carboxylic acid groups (broad SMARTS) is 1. The molecule has 2 amide bonds. The Morgan fingerprint density at radius 2 is 1.91 bits per heavy atom. The van der Waals surface area contributed by atoms with E-state index < -0.39 is 17.1 Å². The number of ether oxygens (including phenoxy) is 1. The molecule has 0 bridgehead atoms. The van der Waals surface area contributed by atoms with Gasteiger partial charge in [0.2, 0.25) is 5.91 Å². The Morgan fingerprint density at radius 1 is 1.18 bits per heavy atom. The number of phenolic OH excluding ortho intramolecular Hbond substituents is 1. The van der Waals surface area contributed by atoms with E-state index in [9.17, 15) is 19.5 Å². The molecule has 1 atom stereocenters. The van der Waals surface area contributed by atoms with Crippen molar-refractivity contribution in [3.8, 4) is 11.5 Å². The van der Waals surface area contributed by atoms with Gasteiger partial charge in [0.1, 0.15) is 11.5 Å². The van der Waals surface area contributed by atoms with Crippen molar-refractivity contribution in [2.75, 3.05) is 24.2 Å². The second kappa shape index (κ2) is 13.1. The van der Waals surface area contributed by atoms with Crippen LogP contribution in [0.25, 0.3) is 10.8 Å². The molecule has 0 aliphatic rings. The fourth-order valence-corrected chi connectivity index (χ4v) is 3.99. The Bertz CT molecular complexity index is 1020. The number of aliphatic carboxylic acids is 1. The summed E-state index contributed by atoms with van der Waals surface area (Å²) in [7, 11) is 0. The van der Waals surface area contributed by atoms with Crippen LogP contribution >= 0.6 is 11.8 Å². The predicted molar refractivity (Wildman–Crippen MR) is 136 cm³/mol. The van der Waals surface area contributed by atoms with Gasteiger partial charge >= 0.3 is 5.97 Å². The Morgan fingerprint density at radius 3 is 2.56 bits per heavy atom. The van der Waals surface area contributed by atoms with E-state index in [1.165, 1.54) is 17.8 Å². The fourth-order valence-electron chi connectivity index (χ4n) is 3.32. The molecule has 1 unspecified atom stereocenters. The first-order valence-electron chi connectivity index (χ1n) is 11.5. The third-order valence-electron chi connectivity index (χ3n) is 5.08. The maximum Gasteiger partial charge on any atom is 0.316 e. The number of aromatic hydroxyl groups is 1. The lowest BCUT2D eigenvalue weighted by Gasteiger charge is -2.18. The van der Waals surface area contributed by atoms with Gasteiger partial charge in [-0.25, -0.2) is 0 Å². The number of rotatable bonds is 13. The molecule has 2 aromatic carbocycles. The van der Waals surface area contributed by atoms with Crippen LogP contribution in [-0.2, 0) is 9.59 Å². The van der Waals surface area contributed by atoms with Crippen molar-refractivity contribution in [3.05, 3.63) is 29.8 Å². The Labute approximate surface area is 204 Å². The second-order valence-corrected chi connectivity index (χ2v) is 9.90. The van der Waals surface area contributed by atoms with Gasteiger partial charge in [-0.1, -0.05) is 39.3 Å². The highest BCUT2D eigenvalue weighted by Gasteiger charge is 2.21. The van der Waals surface area contributed by atoms with Gasteiger partial charge in [-0.05, 0) is 31.4 Å². The van der Waals surface area contributed by atoms with Crippen molar-refractivity contribution in [2.24, 2.45) is 5.92 Å². The Kier molecular flexibility index (Phi) is 10.5. The number of benzene rings is 2. The van der Waals surface area contributed by atoms with Gasteiger partial charge in [-0.2, -0.15) is 0 Å². The standard InChI is InChI=1S/C25H34N2O6S/c1-5-6-10-26-24(30)18-14-20(33-11-12-34-16(4)25(31)32)22-17(23(18)29)8-7-9-19(22)27-21(28)13-15(2)3/h7-9,14-16,29H,5-6,10-13H2,1-4H3,(H,26,30)(H,27,28)(H,31,32). The van der Waals surface area contributed by atoms with E-state index >= 15 is 0 Å². The molecule has 0 fully saturated rings. The highest BCUT2D eigenvalue weighted by atomic mass is 32.2. The van der Waals surface area contributed by atoms with Gasteiger partial charge < -0.3 is 25.6 Å². The highest BCUT2D eigenvalue weighted by molar-refractivity contribution is 8.00. The van der Waals surface area contributed by atoms with E-state index in [1.54, 1.807) is 25.1 Å². The Hall–Kier alpha value is -2.94. The molecule has 34 heavy (non-hydrogen) atoms. The van der Waals surface area contributed by atoms with Crippen LogP contribution in [0.5, 0.6) is 11.5 Å². The molecule has 4 N–H and O–H groups in total. The minimum Gasteiger partial charge on any atom is -0.506 e. The van der Waals surface area contributed by atoms with Crippen LogP contribution in [0, 0.1) is 5.92 Å². The van der Waals surface area contributed by atoms with Crippen molar-refractivity contribution in [3.63, 3.8) is 0 Å². The van der Waals surface area contributed by atoms with E-state index in [4.69, 9.17) is 9.84 Å². The summed E-state index contributed by atoms with van der Waals surface area (Å²) in [5.74, 6) is -0.758. The van der Waals surface area contributed by atoms with Gasteiger partial charge in [0.15, 0.2) is 0 Å². The van der Waals surface area contributed by atoms with Gasteiger partial charge in [-0.15, -0.1) is 11.8 Å². The van der Waals surface area contributed by atoms with Gasteiger partial charge in [0.25, 0.3) is 5.91 Å². The van der Waals surface area contributed by atoms with Gasteiger partial charge in [0, 0.05) is 24.1 Å². The number of phenols is 1. The van der Waals surface area contributed by atoms with Crippen molar-refractivity contribution in [1.29, 1.82) is 0 Å². The monoisotopic (exact) mass is 490 g/mol.